The van der Waals surface area contributed by atoms with Crippen LogP contribution in [0.1, 0.15) is 41.6 Å². The highest BCUT2D eigenvalue weighted by molar-refractivity contribution is 5.96. The summed E-state index contributed by atoms with van der Waals surface area (Å²) in [5, 5.41) is 0. The van der Waals surface area contributed by atoms with Crippen LogP contribution in [0.15, 0.2) is 12.1 Å². The van der Waals surface area contributed by atoms with Crippen LogP contribution in [-0.2, 0) is 4.74 Å². The fourth-order valence-corrected chi connectivity index (χ4v) is 2.31. The van der Waals surface area contributed by atoms with Gasteiger partial charge in [0.2, 0.25) is 0 Å². The zero-order chi connectivity index (χ0) is 13.1. The van der Waals surface area contributed by atoms with E-state index in [1.165, 1.54) is 20.0 Å². The third kappa shape index (κ3) is 2.58. The molecule has 0 atom stereocenters. The van der Waals surface area contributed by atoms with E-state index in [1.807, 2.05) is 13.0 Å². The number of methoxy groups -OCH3 is 1. The van der Waals surface area contributed by atoms with Gasteiger partial charge in [-0.25, -0.2) is 4.79 Å². The van der Waals surface area contributed by atoms with E-state index in [2.05, 4.69) is 0 Å². The van der Waals surface area contributed by atoms with Crippen molar-refractivity contribution in [1.29, 1.82) is 0 Å². The van der Waals surface area contributed by atoms with Crippen LogP contribution in [0.4, 0.5) is 5.69 Å². The summed E-state index contributed by atoms with van der Waals surface area (Å²) in [6.45, 7) is 1.86. The Hall–Kier alpha value is -1.71. The van der Waals surface area contributed by atoms with Crippen molar-refractivity contribution >= 4 is 11.7 Å². The molecule has 1 aromatic carbocycles. The highest BCUT2D eigenvalue weighted by Crippen LogP contribution is 2.29. The number of carbonyl (C=O) groups excluding carboxylic acids is 1. The molecule has 1 aliphatic carbocycles. The van der Waals surface area contributed by atoms with Crippen LogP contribution in [0.3, 0.4) is 0 Å². The topological polar surface area (TPSA) is 61.5 Å². The van der Waals surface area contributed by atoms with Gasteiger partial charge in [0.1, 0.15) is 5.75 Å². The number of hydrogen-bond donors (Lipinski definition) is 1. The highest BCUT2D eigenvalue weighted by Gasteiger charge is 2.19. The van der Waals surface area contributed by atoms with Gasteiger partial charge < -0.3 is 15.2 Å². The molecule has 1 aliphatic rings. The Morgan fingerprint density at radius 3 is 2.61 bits per heavy atom. The third-order valence-electron chi connectivity index (χ3n) is 3.37. The first kappa shape index (κ1) is 12.7. The maximum absolute atomic E-state index is 11.6. The second-order valence-corrected chi connectivity index (χ2v) is 4.72. The van der Waals surface area contributed by atoms with Crippen molar-refractivity contribution in [2.75, 3.05) is 12.8 Å². The number of hydrogen-bond acceptors (Lipinski definition) is 4. The quantitative estimate of drug-likeness (QED) is 0.661. The van der Waals surface area contributed by atoms with Crippen molar-refractivity contribution in [2.24, 2.45) is 0 Å². The zero-order valence-electron chi connectivity index (χ0n) is 10.9. The minimum absolute atomic E-state index is 0.263. The molecule has 0 unspecified atom stereocenters. The van der Waals surface area contributed by atoms with E-state index in [0.717, 1.165) is 18.4 Å². The monoisotopic (exact) mass is 249 g/mol. The molecule has 2 N–H and O–H groups in total. The molecule has 2 rings (SSSR count). The molecule has 0 amide bonds. The lowest BCUT2D eigenvalue weighted by Crippen LogP contribution is -2.13. The summed E-state index contributed by atoms with van der Waals surface area (Å²) in [7, 11) is 1.35. The molecular formula is C14H19NO3. The molecule has 98 valence electrons. The number of ether oxygens (including phenoxy) is 2. The molecular weight excluding hydrogens is 230 g/mol. The smallest absolute Gasteiger partial charge is 0.340 e. The van der Waals surface area contributed by atoms with E-state index in [0.29, 0.717) is 17.0 Å². The average molecular weight is 249 g/mol. The van der Waals surface area contributed by atoms with Crippen molar-refractivity contribution in [2.45, 2.75) is 38.7 Å². The first-order chi connectivity index (χ1) is 8.61. The van der Waals surface area contributed by atoms with Gasteiger partial charge in [-0.1, -0.05) is 0 Å². The first-order valence-electron chi connectivity index (χ1n) is 6.27. The molecule has 1 aromatic rings. The predicted octanol–water partition coefficient (Wildman–Crippen LogP) is 2.69. The predicted molar refractivity (Wildman–Crippen MR) is 69.8 cm³/mol. The summed E-state index contributed by atoms with van der Waals surface area (Å²) in [4.78, 5) is 11.6. The van der Waals surface area contributed by atoms with Crippen molar-refractivity contribution in [3.05, 3.63) is 23.3 Å². The number of nitrogens with two attached hydrogens (primary N) is 1. The van der Waals surface area contributed by atoms with Crippen molar-refractivity contribution in [3.8, 4) is 5.75 Å². The second kappa shape index (κ2) is 5.29. The van der Waals surface area contributed by atoms with Gasteiger partial charge >= 0.3 is 5.97 Å². The Labute approximate surface area is 107 Å². The molecule has 0 spiro atoms. The van der Waals surface area contributed by atoms with E-state index < -0.39 is 5.97 Å². The number of aryl methyl sites for hydroxylation is 1. The summed E-state index contributed by atoms with van der Waals surface area (Å²) in [5.74, 6) is 0.279. The summed E-state index contributed by atoms with van der Waals surface area (Å²) < 4.78 is 10.6. The molecule has 1 saturated carbocycles. The molecule has 0 heterocycles. The van der Waals surface area contributed by atoms with Gasteiger partial charge in [-0.3, -0.25) is 0 Å². The molecule has 4 nitrogen and oxygen atoms in total. The van der Waals surface area contributed by atoms with E-state index in [1.54, 1.807) is 6.07 Å². The van der Waals surface area contributed by atoms with Crippen molar-refractivity contribution < 1.29 is 14.3 Å². The second-order valence-electron chi connectivity index (χ2n) is 4.72. The Kier molecular flexibility index (Phi) is 3.75. The van der Waals surface area contributed by atoms with Crippen LogP contribution in [0.25, 0.3) is 0 Å². The third-order valence-corrected chi connectivity index (χ3v) is 3.37. The summed E-state index contributed by atoms with van der Waals surface area (Å²) in [5.41, 5.74) is 7.56. The van der Waals surface area contributed by atoms with Crippen LogP contribution < -0.4 is 10.5 Å². The van der Waals surface area contributed by atoms with Crippen LogP contribution >= 0.6 is 0 Å². The molecule has 18 heavy (non-hydrogen) atoms. The van der Waals surface area contributed by atoms with Crippen LogP contribution in [0.5, 0.6) is 5.75 Å². The lowest BCUT2D eigenvalue weighted by Gasteiger charge is -2.16. The Bertz CT molecular complexity index is 451. The van der Waals surface area contributed by atoms with E-state index in [-0.39, 0.29) is 6.10 Å². The Balaban J connectivity index is 2.25. The van der Waals surface area contributed by atoms with Gasteiger partial charge in [-0.15, -0.1) is 0 Å². The normalized spacial score (nSPS) is 15.7. The number of anilines is 1. The fourth-order valence-electron chi connectivity index (χ4n) is 2.31. The minimum Gasteiger partial charge on any atom is -0.490 e. The van der Waals surface area contributed by atoms with Gasteiger partial charge in [0.05, 0.1) is 18.8 Å². The lowest BCUT2D eigenvalue weighted by atomic mass is 10.1. The largest absolute Gasteiger partial charge is 0.490 e. The molecule has 0 aliphatic heterocycles. The summed E-state index contributed by atoms with van der Waals surface area (Å²) in [6, 6.07) is 3.55. The van der Waals surface area contributed by atoms with Crippen LogP contribution in [-0.4, -0.2) is 19.2 Å². The fraction of sp³-hybridized carbons (Fsp3) is 0.500. The minimum atomic E-state index is -0.424. The SMILES string of the molecule is COC(=O)c1cc(OC2CCCC2)cc(C)c1N. The van der Waals surface area contributed by atoms with Crippen molar-refractivity contribution in [3.63, 3.8) is 0 Å². The average Bonchev–Trinajstić information content (AvgIpc) is 2.85. The molecule has 4 heteroatoms. The number of rotatable bonds is 3. The standard InChI is InChI=1S/C14H19NO3/c1-9-7-11(18-10-5-3-4-6-10)8-12(13(9)15)14(16)17-2/h7-8,10H,3-6,15H2,1-2H3. The van der Waals surface area contributed by atoms with E-state index in [9.17, 15) is 4.79 Å². The summed E-state index contributed by atoms with van der Waals surface area (Å²) in [6.07, 6.45) is 4.84. The summed E-state index contributed by atoms with van der Waals surface area (Å²) >= 11 is 0. The van der Waals surface area contributed by atoms with Gasteiger partial charge in [-0.05, 0) is 50.3 Å². The Morgan fingerprint density at radius 2 is 2.00 bits per heavy atom. The number of nitrogen functional groups attached to an aromatic ring is 1. The highest BCUT2D eigenvalue weighted by atomic mass is 16.5. The molecule has 0 saturated heterocycles. The molecule has 0 radical (unpaired) electrons. The van der Waals surface area contributed by atoms with E-state index in [4.69, 9.17) is 15.2 Å². The maximum atomic E-state index is 11.6. The molecule has 0 bridgehead atoms. The van der Waals surface area contributed by atoms with Crippen LogP contribution in [0, 0.1) is 6.92 Å². The Morgan fingerprint density at radius 1 is 1.33 bits per heavy atom. The van der Waals surface area contributed by atoms with Gasteiger partial charge in [0, 0.05) is 5.69 Å². The number of benzene rings is 1. The number of esters is 1. The molecule has 1 fully saturated rings. The van der Waals surface area contributed by atoms with Gasteiger partial charge in [0.15, 0.2) is 0 Å². The molecule has 0 aromatic heterocycles. The lowest BCUT2D eigenvalue weighted by molar-refractivity contribution is 0.0601. The van der Waals surface area contributed by atoms with Gasteiger partial charge in [-0.2, -0.15) is 0 Å². The van der Waals surface area contributed by atoms with Crippen LogP contribution in [0.2, 0.25) is 0 Å². The van der Waals surface area contributed by atoms with Gasteiger partial charge in [0.25, 0.3) is 0 Å². The number of carbonyl (C=O) groups is 1. The zero-order valence-corrected chi connectivity index (χ0v) is 10.9. The maximum Gasteiger partial charge on any atom is 0.340 e. The van der Waals surface area contributed by atoms with E-state index >= 15 is 0 Å². The first-order valence-corrected chi connectivity index (χ1v) is 6.27. The van der Waals surface area contributed by atoms with Crippen molar-refractivity contribution in [1.82, 2.24) is 0 Å².